The Bertz CT molecular complexity index is 210. The first-order valence-corrected chi connectivity index (χ1v) is 7.94. The predicted molar refractivity (Wildman–Crippen MR) is 77.6 cm³/mol. The van der Waals surface area contributed by atoms with Gasteiger partial charge in [-0.2, -0.15) is 11.8 Å². The molecule has 1 N–H and O–H groups in total. The maximum Gasteiger partial charge on any atom is 0.0670 e. The van der Waals surface area contributed by atoms with Gasteiger partial charge in [-0.25, -0.2) is 0 Å². The summed E-state index contributed by atoms with van der Waals surface area (Å²) >= 11 is 2.07. The lowest BCUT2D eigenvalue weighted by molar-refractivity contribution is 0.108. The van der Waals surface area contributed by atoms with Gasteiger partial charge in [0.05, 0.1) is 6.10 Å². The van der Waals surface area contributed by atoms with E-state index in [1.807, 2.05) is 6.08 Å². The van der Waals surface area contributed by atoms with Crippen LogP contribution < -0.4 is 0 Å². The summed E-state index contributed by atoms with van der Waals surface area (Å²) in [5.74, 6) is 1.21. The Morgan fingerprint density at radius 3 is 3.06 bits per heavy atom. The zero-order valence-electron chi connectivity index (χ0n) is 11.1. The standard InChI is InChI=1S/C14H27NOS/c1-3-5-8-13(16)11-15-10-7-6-9-14(12-15)17-4-2/h3,13-14,16H,1,4-12H2,2H3. The molecule has 1 rings (SSSR count). The summed E-state index contributed by atoms with van der Waals surface area (Å²) in [4.78, 5) is 2.45. The number of likely N-dealkylation sites (tertiary alicyclic amines) is 1. The molecule has 1 heterocycles. The number of β-amino-alcohol motifs (C(OH)–C–C–N with tert-alkyl or cyclic N) is 1. The third kappa shape index (κ3) is 6.49. The quantitative estimate of drug-likeness (QED) is 0.709. The average molecular weight is 257 g/mol. The number of hydrogen-bond acceptors (Lipinski definition) is 3. The van der Waals surface area contributed by atoms with Crippen molar-refractivity contribution in [3.63, 3.8) is 0 Å². The van der Waals surface area contributed by atoms with Gasteiger partial charge in [0, 0.05) is 18.3 Å². The van der Waals surface area contributed by atoms with Crippen molar-refractivity contribution >= 4 is 11.8 Å². The number of allylic oxidation sites excluding steroid dienone is 1. The molecule has 2 atom stereocenters. The van der Waals surface area contributed by atoms with Crippen LogP contribution in [0.4, 0.5) is 0 Å². The van der Waals surface area contributed by atoms with Crippen LogP contribution in [0.5, 0.6) is 0 Å². The maximum atomic E-state index is 9.94. The Morgan fingerprint density at radius 2 is 2.35 bits per heavy atom. The van der Waals surface area contributed by atoms with E-state index < -0.39 is 0 Å². The lowest BCUT2D eigenvalue weighted by Crippen LogP contribution is -2.36. The number of aliphatic hydroxyl groups is 1. The summed E-state index contributed by atoms with van der Waals surface area (Å²) in [6, 6.07) is 0. The molecule has 0 saturated carbocycles. The third-order valence-corrected chi connectivity index (χ3v) is 4.48. The summed E-state index contributed by atoms with van der Waals surface area (Å²) < 4.78 is 0. The second-order valence-corrected chi connectivity index (χ2v) is 6.43. The van der Waals surface area contributed by atoms with Gasteiger partial charge < -0.3 is 5.11 Å². The zero-order valence-corrected chi connectivity index (χ0v) is 11.9. The molecule has 1 aliphatic heterocycles. The van der Waals surface area contributed by atoms with Gasteiger partial charge in [0.15, 0.2) is 0 Å². The molecule has 0 aliphatic carbocycles. The minimum Gasteiger partial charge on any atom is -0.392 e. The Hall–Kier alpha value is 0.0100. The summed E-state index contributed by atoms with van der Waals surface area (Å²) in [7, 11) is 0. The minimum absolute atomic E-state index is 0.182. The van der Waals surface area contributed by atoms with E-state index in [1.165, 1.54) is 25.0 Å². The van der Waals surface area contributed by atoms with Crippen LogP contribution in [0.1, 0.15) is 39.0 Å². The van der Waals surface area contributed by atoms with Crippen LogP contribution in [0.15, 0.2) is 12.7 Å². The molecule has 0 bridgehead atoms. The Morgan fingerprint density at radius 1 is 1.53 bits per heavy atom. The van der Waals surface area contributed by atoms with E-state index >= 15 is 0 Å². The monoisotopic (exact) mass is 257 g/mol. The lowest BCUT2D eigenvalue weighted by atomic mass is 10.2. The van der Waals surface area contributed by atoms with Crippen molar-refractivity contribution in [3.05, 3.63) is 12.7 Å². The molecule has 100 valence electrons. The first-order valence-electron chi connectivity index (χ1n) is 6.89. The second kappa shape index (κ2) is 9.01. The van der Waals surface area contributed by atoms with Crippen molar-refractivity contribution in [3.8, 4) is 0 Å². The number of aliphatic hydroxyl groups excluding tert-OH is 1. The first kappa shape index (κ1) is 15.1. The summed E-state index contributed by atoms with van der Waals surface area (Å²) in [5.41, 5.74) is 0. The van der Waals surface area contributed by atoms with Crippen LogP contribution >= 0.6 is 11.8 Å². The number of rotatable bonds is 7. The smallest absolute Gasteiger partial charge is 0.0670 e. The van der Waals surface area contributed by atoms with Crippen molar-refractivity contribution in [1.82, 2.24) is 4.90 Å². The van der Waals surface area contributed by atoms with Gasteiger partial charge in [0.2, 0.25) is 0 Å². The molecule has 1 saturated heterocycles. The molecule has 0 aromatic rings. The molecule has 0 aromatic carbocycles. The van der Waals surface area contributed by atoms with Crippen molar-refractivity contribution in [1.29, 1.82) is 0 Å². The molecule has 0 amide bonds. The summed E-state index contributed by atoms with van der Waals surface area (Å²) in [6.45, 7) is 9.09. The van der Waals surface area contributed by atoms with Gasteiger partial charge in [-0.05, 0) is 38.0 Å². The van der Waals surface area contributed by atoms with E-state index in [2.05, 4.69) is 30.2 Å². The van der Waals surface area contributed by atoms with Crippen molar-refractivity contribution in [2.75, 3.05) is 25.4 Å². The van der Waals surface area contributed by atoms with Gasteiger partial charge >= 0.3 is 0 Å². The normalized spacial score (nSPS) is 24.2. The van der Waals surface area contributed by atoms with E-state index in [1.54, 1.807) is 0 Å². The van der Waals surface area contributed by atoms with Crippen LogP contribution in [0.3, 0.4) is 0 Å². The van der Waals surface area contributed by atoms with Crippen molar-refractivity contribution < 1.29 is 5.11 Å². The highest BCUT2D eigenvalue weighted by atomic mass is 32.2. The van der Waals surface area contributed by atoms with Gasteiger partial charge in [-0.3, -0.25) is 4.90 Å². The van der Waals surface area contributed by atoms with E-state index in [0.717, 1.165) is 37.7 Å². The Labute approximate surface area is 110 Å². The highest BCUT2D eigenvalue weighted by molar-refractivity contribution is 7.99. The number of hydrogen-bond donors (Lipinski definition) is 1. The number of nitrogens with zero attached hydrogens (tertiary/aromatic N) is 1. The SMILES string of the molecule is C=CCCC(O)CN1CCCCC(SCC)C1. The third-order valence-electron chi connectivity index (χ3n) is 3.29. The zero-order chi connectivity index (χ0) is 12.5. The lowest BCUT2D eigenvalue weighted by Gasteiger charge is -2.26. The molecule has 3 heteroatoms. The maximum absolute atomic E-state index is 9.94. The van der Waals surface area contributed by atoms with Crippen LogP contribution in [0.2, 0.25) is 0 Å². The van der Waals surface area contributed by atoms with E-state index in [9.17, 15) is 5.11 Å². The predicted octanol–water partition coefficient (Wildman–Crippen LogP) is 2.92. The minimum atomic E-state index is -0.182. The molecule has 0 radical (unpaired) electrons. The van der Waals surface area contributed by atoms with E-state index in [-0.39, 0.29) is 6.10 Å². The topological polar surface area (TPSA) is 23.5 Å². The highest BCUT2D eigenvalue weighted by Gasteiger charge is 2.19. The van der Waals surface area contributed by atoms with Crippen LogP contribution in [0.25, 0.3) is 0 Å². The number of thioether (sulfide) groups is 1. The van der Waals surface area contributed by atoms with Crippen LogP contribution in [-0.2, 0) is 0 Å². The molecule has 2 unspecified atom stereocenters. The van der Waals surface area contributed by atoms with Crippen molar-refractivity contribution in [2.45, 2.75) is 50.4 Å². The fraction of sp³-hybridized carbons (Fsp3) is 0.857. The summed E-state index contributed by atoms with van der Waals surface area (Å²) in [6.07, 6.45) is 7.46. The molecule has 1 fully saturated rings. The second-order valence-electron chi connectivity index (χ2n) is 4.85. The molecule has 0 spiro atoms. The molecule has 0 aromatic heterocycles. The largest absolute Gasteiger partial charge is 0.392 e. The molecular weight excluding hydrogens is 230 g/mol. The molecule has 1 aliphatic rings. The Balaban J connectivity index is 2.31. The van der Waals surface area contributed by atoms with Crippen molar-refractivity contribution in [2.24, 2.45) is 0 Å². The van der Waals surface area contributed by atoms with Crippen LogP contribution in [-0.4, -0.2) is 46.7 Å². The fourth-order valence-electron chi connectivity index (χ4n) is 2.42. The Kier molecular flexibility index (Phi) is 7.99. The van der Waals surface area contributed by atoms with Crippen LogP contribution in [0, 0.1) is 0 Å². The van der Waals surface area contributed by atoms with Gasteiger partial charge in [-0.1, -0.05) is 19.4 Å². The average Bonchev–Trinajstić information content (AvgIpc) is 2.52. The van der Waals surface area contributed by atoms with Gasteiger partial charge in [0.1, 0.15) is 0 Å². The fourth-order valence-corrected chi connectivity index (χ4v) is 3.54. The highest BCUT2D eigenvalue weighted by Crippen LogP contribution is 2.22. The summed E-state index contributed by atoms with van der Waals surface area (Å²) in [5, 5.41) is 10.7. The molecular formula is C14H27NOS. The molecule has 2 nitrogen and oxygen atoms in total. The first-order chi connectivity index (χ1) is 8.26. The van der Waals surface area contributed by atoms with E-state index in [0.29, 0.717) is 0 Å². The van der Waals surface area contributed by atoms with Gasteiger partial charge in [-0.15, -0.1) is 6.58 Å². The van der Waals surface area contributed by atoms with E-state index in [4.69, 9.17) is 0 Å². The van der Waals surface area contributed by atoms with Gasteiger partial charge in [0.25, 0.3) is 0 Å². The molecule has 17 heavy (non-hydrogen) atoms.